The minimum Gasteiger partial charge on any atom is -0.369 e. The fraction of sp³-hybridized carbons (Fsp3) is 0.188. The van der Waals surface area contributed by atoms with Crippen LogP contribution in [0, 0.1) is 0 Å². The zero-order valence-electron chi connectivity index (χ0n) is 11.5. The number of nitrogens with two attached hydrogens (primary N) is 1. The maximum absolute atomic E-state index is 6.07. The normalized spacial score (nSPS) is 11.4. The molecule has 1 heterocycles. The molecule has 0 radical (unpaired) electrons. The van der Waals surface area contributed by atoms with Gasteiger partial charge in [-0.3, -0.25) is 4.57 Å². The summed E-state index contributed by atoms with van der Waals surface area (Å²) >= 11 is 6.07. The summed E-state index contributed by atoms with van der Waals surface area (Å²) in [6.45, 7) is 4.35. The third-order valence-electron chi connectivity index (χ3n) is 3.46. The Kier molecular flexibility index (Phi) is 3.14. The van der Waals surface area contributed by atoms with Gasteiger partial charge in [0, 0.05) is 10.7 Å². The molecule has 102 valence electrons. The van der Waals surface area contributed by atoms with E-state index in [9.17, 15) is 0 Å². The predicted molar refractivity (Wildman–Crippen MR) is 84.6 cm³/mol. The Morgan fingerprint density at radius 3 is 2.45 bits per heavy atom. The van der Waals surface area contributed by atoms with Crippen LogP contribution in [0.2, 0.25) is 5.02 Å². The first-order valence-electron chi connectivity index (χ1n) is 6.60. The zero-order valence-corrected chi connectivity index (χ0v) is 12.2. The average Bonchev–Trinajstić information content (AvgIpc) is 2.74. The van der Waals surface area contributed by atoms with E-state index in [1.807, 2.05) is 22.8 Å². The van der Waals surface area contributed by atoms with Crippen LogP contribution in [0.25, 0.3) is 16.7 Å². The average molecular weight is 286 g/mol. The van der Waals surface area contributed by atoms with Crippen LogP contribution in [0.1, 0.15) is 25.3 Å². The van der Waals surface area contributed by atoms with E-state index < -0.39 is 0 Å². The van der Waals surface area contributed by atoms with E-state index >= 15 is 0 Å². The van der Waals surface area contributed by atoms with Crippen LogP contribution >= 0.6 is 11.6 Å². The molecule has 3 aromatic rings. The smallest absolute Gasteiger partial charge is 0.205 e. The third kappa shape index (κ3) is 2.14. The summed E-state index contributed by atoms with van der Waals surface area (Å²) in [7, 11) is 0. The molecule has 0 aliphatic heterocycles. The number of nitrogens with zero attached hydrogens (tertiary/aromatic N) is 2. The number of anilines is 1. The van der Waals surface area contributed by atoms with Crippen molar-refractivity contribution in [2.75, 3.05) is 5.73 Å². The fourth-order valence-electron chi connectivity index (χ4n) is 2.35. The van der Waals surface area contributed by atoms with Crippen molar-refractivity contribution in [3.05, 3.63) is 53.1 Å². The van der Waals surface area contributed by atoms with Gasteiger partial charge in [0.2, 0.25) is 5.95 Å². The van der Waals surface area contributed by atoms with Gasteiger partial charge < -0.3 is 5.73 Å². The Bertz CT molecular complexity index is 757. The summed E-state index contributed by atoms with van der Waals surface area (Å²) in [5, 5.41) is 0.678. The molecule has 2 aromatic carbocycles. The van der Waals surface area contributed by atoms with Crippen molar-refractivity contribution in [3.63, 3.8) is 0 Å². The molecule has 20 heavy (non-hydrogen) atoms. The van der Waals surface area contributed by atoms with Crippen molar-refractivity contribution in [1.82, 2.24) is 9.55 Å². The SMILES string of the molecule is CC(C)c1ccc(-n2c(N)nc3ccc(Cl)cc32)cc1. The van der Waals surface area contributed by atoms with E-state index in [0.29, 0.717) is 16.9 Å². The predicted octanol–water partition coefficient (Wildman–Crippen LogP) is 4.38. The van der Waals surface area contributed by atoms with Crippen LogP contribution in [0.4, 0.5) is 5.95 Å². The highest BCUT2D eigenvalue weighted by molar-refractivity contribution is 6.31. The molecule has 2 N–H and O–H groups in total. The summed E-state index contributed by atoms with van der Waals surface area (Å²) in [6, 6.07) is 14.0. The number of benzene rings is 2. The van der Waals surface area contributed by atoms with Gasteiger partial charge in [-0.15, -0.1) is 0 Å². The lowest BCUT2D eigenvalue weighted by Gasteiger charge is -2.09. The van der Waals surface area contributed by atoms with Gasteiger partial charge >= 0.3 is 0 Å². The number of fused-ring (bicyclic) bond motifs is 1. The molecule has 0 unspecified atom stereocenters. The van der Waals surface area contributed by atoms with Crippen LogP contribution in [-0.2, 0) is 0 Å². The summed E-state index contributed by atoms with van der Waals surface area (Å²) < 4.78 is 1.92. The molecule has 0 bridgehead atoms. The summed E-state index contributed by atoms with van der Waals surface area (Å²) in [5.41, 5.74) is 10.1. The minimum absolute atomic E-state index is 0.472. The van der Waals surface area contributed by atoms with E-state index in [0.717, 1.165) is 16.7 Å². The third-order valence-corrected chi connectivity index (χ3v) is 3.70. The van der Waals surface area contributed by atoms with Crippen LogP contribution in [-0.4, -0.2) is 9.55 Å². The van der Waals surface area contributed by atoms with Crippen LogP contribution < -0.4 is 5.73 Å². The van der Waals surface area contributed by atoms with E-state index in [1.54, 1.807) is 0 Å². The van der Waals surface area contributed by atoms with E-state index in [-0.39, 0.29) is 0 Å². The van der Waals surface area contributed by atoms with Gasteiger partial charge in [0.15, 0.2) is 0 Å². The molecule has 0 atom stereocenters. The number of aromatic nitrogens is 2. The summed E-state index contributed by atoms with van der Waals surface area (Å²) in [4.78, 5) is 4.37. The lowest BCUT2D eigenvalue weighted by Crippen LogP contribution is -2.00. The molecule has 3 rings (SSSR count). The van der Waals surface area contributed by atoms with Crippen molar-refractivity contribution < 1.29 is 0 Å². The van der Waals surface area contributed by atoms with Crippen molar-refractivity contribution >= 4 is 28.6 Å². The molecule has 0 aliphatic carbocycles. The van der Waals surface area contributed by atoms with Crippen molar-refractivity contribution in [2.24, 2.45) is 0 Å². The van der Waals surface area contributed by atoms with Gasteiger partial charge in [0.05, 0.1) is 11.0 Å². The van der Waals surface area contributed by atoms with E-state index in [1.165, 1.54) is 5.56 Å². The van der Waals surface area contributed by atoms with Crippen LogP contribution in [0.15, 0.2) is 42.5 Å². The molecule has 1 aromatic heterocycles. The van der Waals surface area contributed by atoms with Gasteiger partial charge in [0.25, 0.3) is 0 Å². The quantitative estimate of drug-likeness (QED) is 0.759. The Labute approximate surface area is 123 Å². The molecule has 0 fully saturated rings. The maximum Gasteiger partial charge on any atom is 0.205 e. The van der Waals surface area contributed by atoms with Crippen molar-refractivity contribution in [2.45, 2.75) is 19.8 Å². The summed E-state index contributed by atoms with van der Waals surface area (Å²) in [5.74, 6) is 0.981. The molecule has 0 amide bonds. The number of hydrogen-bond acceptors (Lipinski definition) is 2. The van der Waals surface area contributed by atoms with E-state index in [2.05, 4.69) is 43.1 Å². The van der Waals surface area contributed by atoms with Gasteiger partial charge in [-0.05, 0) is 41.8 Å². The number of halogens is 1. The number of nitrogen functional groups attached to an aromatic ring is 1. The summed E-state index contributed by atoms with van der Waals surface area (Å²) in [6.07, 6.45) is 0. The highest BCUT2D eigenvalue weighted by Crippen LogP contribution is 2.26. The first kappa shape index (κ1) is 13.0. The Balaban J connectivity index is 2.18. The number of hydrogen-bond donors (Lipinski definition) is 1. The second-order valence-electron chi connectivity index (χ2n) is 5.18. The Morgan fingerprint density at radius 1 is 1.10 bits per heavy atom. The lowest BCUT2D eigenvalue weighted by atomic mass is 10.0. The highest BCUT2D eigenvalue weighted by Gasteiger charge is 2.10. The first-order valence-corrected chi connectivity index (χ1v) is 6.98. The second-order valence-corrected chi connectivity index (χ2v) is 5.62. The topological polar surface area (TPSA) is 43.8 Å². The molecule has 0 saturated carbocycles. The maximum atomic E-state index is 6.07. The standard InChI is InChI=1S/C16H16ClN3/c1-10(2)11-3-6-13(7-4-11)20-15-9-12(17)5-8-14(15)19-16(20)18/h3-10H,1-2H3,(H2,18,19). The Morgan fingerprint density at radius 2 is 1.80 bits per heavy atom. The highest BCUT2D eigenvalue weighted by atomic mass is 35.5. The van der Waals surface area contributed by atoms with E-state index in [4.69, 9.17) is 17.3 Å². The van der Waals surface area contributed by atoms with Crippen molar-refractivity contribution in [1.29, 1.82) is 0 Å². The number of rotatable bonds is 2. The molecule has 3 nitrogen and oxygen atoms in total. The first-order chi connectivity index (χ1) is 9.56. The zero-order chi connectivity index (χ0) is 14.3. The Hall–Kier alpha value is -2.00. The van der Waals surface area contributed by atoms with Crippen LogP contribution in [0.3, 0.4) is 0 Å². The molecular weight excluding hydrogens is 270 g/mol. The van der Waals surface area contributed by atoms with Crippen LogP contribution in [0.5, 0.6) is 0 Å². The monoisotopic (exact) mass is 285 g/mol. The van der Waals surface area contributed by atoms with Gasteiger partial charge in [0.1, 0.15) is 0 Å². The molecule has 4 heteroatoms. The van der Waals surface area contributed by atoms with Gasteiger partial charge in [-0.25, -0.2) is 4.98 Å². The molecular formula is C16H16ClN3. The second kappa shape index (κ2) is 4.84. The minimum atomic E-state index is 0.472. The van der Waals surface area contributed by atoms with Gasteiger partial charge in [-0.2, -0.15) is 0 Å². The molecule has 0 spiro atoms. The molecule has 0 saturated heterocycles. The van der Waals surface area contributed by atoms with Gasteiger partial charge in [-0.1, -0.05) is 37.6 Å². The lowest BCUT2D eigenvalue weighted by molar-refractivity contribution is 0.865. The number of imidazole rings is 1. The molecule has 0 aliphatic rings. The largest absolute Gasteiger partial charge is 0.369 e. The van der Waals surface area contributed by atoms with Crippen molar-refractivity contribution in [3.8, 4) is 5.69 Å². The fourth-order valence-corrected chi connectivity index (χ4v) is 2.51.